The first-order chi connectivity index (χ1) is 18.0. The lowest BCUT2D eigenvalue weighted by atomic mass is 9.82. The topological polar surface area (TPSA) is 95.3 Å². The molecule has 2 aromatic rings. The fraction of sp³-hybridized carbons (Fsp3) is 0.607. The van der Waals surface area contributed by atoms with Gasteiger partial charge in [0.15, 0.2) is 0 Å². The summed E-state index contributed by atoms with van der Waals surface area (Å²) >= 11 is 6.56. The second-order valence-corrected chi connectivity index (χ2v) is 11.0. The van der Waals surface area contributed by atoms with Crippen molar-refractivity contribution in [3.05, 3.63) is 35.5 Å². The van der Waals surface area contributed by atoms with E-state index >= 15 is 0 Å². The van der Waals surface area contributed by atoms with E-state index in [1.807, 2.05) is 24.3 Å². The minimum Gasteiger partial charge on any atom is -0.381 e. The van der Waals surface area contributed by atoms with Crippen LogP contribution in [0.2, 0.25) is 5.02 Å². The lowest BCUT2D eigenvalue weighted by molar-refractivity contribution is -0.0296. The first-order valence-corrected chi connectivity index (χ1v) is 13.9. The molecule has 1 aliphatic carbocycles. The van der Waals surface area contributed by atoms with Crippen LogP contribution in [0.25, 0.3) is 11.3 Å². The van der Waals surface area contributed by atoms with E-state index in [9.17, 15) is 5.26 Å². The molecular weight excluding hydrogens is 488 g/mol. The molecule has 0 radical (unpaired) electrons. The van der Waals surface area contributed by atoms with Crippen molar-refractivity contribution in [1.82, 2.24) is 14.9 Å². The Balaban J connectivity index is 1.21. The number of hydrogen-bond donors (Lipinski definition) is 2. The molecule has 1 atom stereocenters. The zero-order valence-electron chi connectivity index (χ0n) is 21.6. The number of halogens is 1. The minimum absolute atomic E-state index is 0.400. The Hall–Kier alpha value is -2.44. The van der Waals surface area contributed by atoms with Gasteiger partial charge in [-0.3, -0.25) is 4.90 Å². The molecule has 0 aromatic carbocycles. The molecule has 9 heteroatoms. The first-order valence-electron chi connectivity index (χ1n) is 13.5. The second-order valence-electron chi connectivity index (χ2n) is 10.6. The van der Waals surface area contributed by atoms with Crippen molar-refractivity contribution < 1.29 is 9.47 Å². The zero-order chi connectivity index (χ0) is 25.7. The Morgan fingerprint density at radius 2 is 1.95 bits per heavy atom. The number of pyridine rings is 2. The highest BCUT2D eigenvalue weighted by Gasteiger charge is 2.33. The number of anilines is 2. The van der Waals surface area contributed by atoms with Crippen molar-refractivity contribution >= 4 is 23.2 Å². The van der Waals surface area contributed by atoms with Crippen molar-refractivity contribution in [1.29, 1.82) is 5.26 Å². The SMILES string of the molecule is C[C@H]1COCCN1[C@H]1CC[C@H](Nc2cc(-c3cccc(NCC4(C#N)CCOCC4)n3)c(Cl)cn2)CC1. The summed E-state index contributed by atoms with van der Waals surface area (Å²) in [5, 5.41) is 17.3. The summed E-state index contributed by atoms with van der Waals surface area (Å²) in [6, 6.07) is 11.9. The highest BCUT2D eigenvalue weighted by molar-refractivity contribution is 6.33. The van der Waals surface area contributed by atoms with E-state index < -0.39 is 5.41 Å². The minimum atomic E-state index is -0.417. The lowest BCUT2D eigenvalue weighted by Crippen LogP contribution is -2.51. The van der Waals surface area contributed by atoms with Crippen molar-refractivity contribution in [2.45, 2.75) is 63.6 Å². The highest BCUT2D eigenvalue weighted by Crippen LogP contribution is 2.33. The van der Waals surface area contributed by atoms with Crippen molar-refractivity contribution in [2.24, 2.45) is 5.41 Å². The summed E-state index contributed by atoms with van der Waals surface area (Å²) in [5.74, 6) is 1.56. The number of rotatable bonds is 7. The van der Waals surface area contributed by atoms with Crippen molar-refractivity contribution in [3.8, 4) is 17.3 Å². The van der Waals surface area contributed by atoms with Crippen molar-refractivity contribution in [2.75, 3.05) is 50.2 Å². The van der Waals surface area contributed by atoms with E-state index in [0.29, 0.717) is 42.9 Å². The van der Waals surface area contributed by atoms with Crippen LogP contribution in [0.15, 0.2) is 30.5 Å². The van der Waals surface area contributed by atoms with Crippen LogP contribution in [0.4, 0.5) is 11.6 Å². The third kappa shape index (κ3) is 6.35. The molecule has 4 heterocycles. The van der Waals surface area contributed by atoms with E-state index in [0.717, 1.165) is 68.3 Å². The average Bonchev–Trinajstić information content (AvgIpc) is 2.94. The maximum absolute atomic E-state index is 9.74. The fourth-order valence-electron chi connectivity index (χ4n) is 5.79. The molecule has 0 amide bonds. The van der Waals surface area contributed by atoms with E-state index in [1.54, 1.807) is 6.20 Å². The number of ether oxygens (including phenoxy) is 2. The van der Waals surface area contributed by atoms with Gasteiger partial charge in [-0.25, -0.2) is 9.97 Å². The summed E-state index contributed by atoms with van der Waals surface area (Å²) in [5.41, 5.74) is 1.21. The van der Waals surface area contributed by atoms with Crippen LogP contribution in [0.1, 0.15) is 45.4 Å². The normalized spacial score (nSPS) is 26.2. The highest BCUT2D eigenvalue weighted by atomic mass is 35.5. The van der Waals surface area contributed by atoms with E-state index in [2.05, 4.69) is 33.5 Å². The van der Waals surface area contributed by atoms with Gasteiger partial charge in [-0.2, -0.15) is 5.26 Å². The predicted molar refractivity (Wildman–Crippen MR) is 146 cm³/mol. The van der Waals surface area contributed by atoms with Gasteiger partial charge in [0.25, 0.3) is 0 Å². The Bertz CT molecular complexity index is 1090. The maximum Gasteiger partial charge on any atom is 0.126 e. The standard InChI is InChI=1S/C28H37ClN6O2/c1-20-17-37-14-11-35(20)22-7-5-21(6-8-22)33-27-15-23(24(29)16-31-27)25-3-2-4-26(34-25)32-19-28(18-30)9-12-36-13-10-28/h2-4,15-16,20-22H,5-14,17,19H2,1H3,(H,31,33)(H,32,34)/t20-,21-,22-/m0/s1. The van der Waals surface area contributed by atoms with Gasteiger partial charge >= 0.3 is 0 Å². The van der Waals surface area contributed by atoms with Gasteiger partial charge in [0, 0.05) is 56.2 Å². The quantitative estimate of drug-likeness (QED) is 0.524. The molecule has 37 heavy (non-hydrogen) atoms. The second kappa shape index (κ2) is 12.0. The summed E-state index contributed by atoms with van der Waals surface area (Å²) in [7, 11) is 0. The van der Waals surface area contributed by atoms with Crippen LogP contribution >= 0.6 is 11.6 Å². The number of hydrogen-bond acceptors (Lipinski definition) is 8. The van der Waals surface area contributed by atoms with Crippen LogP contribution in [0.5, 0.6) is 0 Å². The van der Waals surface area contributed by atoms with Crippen LogP contribution in [0, 0.1) is 16.7 Å². The Morgan fingerprint density at radius 3 is 2.70 bits per heavy atom. The van der Waals surface area contributed by atoms with Gasteiger partial charge in [-0.1, -0.05) is 17.7 Å². The Morgan fingerprint density at radius 1 is 1.14 bits per heavy atom. The summed E-state index contributed by atoms with van der Waals surface area (Å²) in [4.78, 5) is 12.0. The number of nitrogens with zero attached hydrogens (tertiary/aromatic N) is 4. The monoisotopic (exact) mass is 524 g/mol. The van der Waals surface area contributed by atoms with E-state index in [1.165, 1.54) is 12.8 Å². The molecular formula is C28H37ClN6O2. The predicted octanol–water partition coefficient (Wildman–Crippen LogP) is 4.97. The molecule has 1 saturated carbocycles. The summed E-state index contributed by atoms with van der Waals surface area (Å²) < 4.78 is 11.1. The Labute approximate surface area is 224 Å². The molecule has 0 spiro atoms. The number of morpholine rings is 1. The van der Waals surface area contributed by atoms with Crippen LogP contribution in [-0.2, 0) is 9.47 Å². The number of nitriles is 1. The summed E-state index contributed by atoms with van der Waals surface area (Å²) in [6.07, 6.45) is 7.79. The molecule has 5 rings (SSSR count). The molecule has 2 saturated heterocycles. The molecule has 0 unspecified atom stereocenters. The van der Waals surface area contributed by atoms with Gasteiger partial charge in [-0.05, 0) is 63.6 Å². The number of nitrogens with one attached hydrogen (secondary N) is 2. The third-order valence-electron chi connectivity index (χ3n) is 8.11. The van der Waals surface area contributed by atoms with Crippen LogP contribution in [-0.4, -0.2) is 72.5 Å². The number of aromatic nitrogens is 2. The van der Waals surface area contributed by atoms with Crippen LogP contribution in [0.3, 0.4) is 0 Å². The largest absolute Gasteiger partial charge is 0.381 e. The van der Waals surface area contributed by atoms with E-state index in [-0.39, 0.29) is 0 Å². The van der Waals surface area contributed by atoms with Gasteiger partial charge in [0.05, 0.1) is 35.4 Å². The molecule has 3 fully saturated rings. The fourth-order valence-corrected chi connectivity index (χ4v) is 5.99. The molecule has 198 valence electrons. The van der Waals surface area contributed by atoms with Gasteiger partial charge in [-0.15, -0.1) is 0 Å². The average molecular weight is 525 g/mol. The molecule has 8 nitrogen and oxygen atoms in total. The Kier molecular flexibility index (Phi) is 8.46. The third-order valence-corrected chi connectivity index (χ3v) is 8.41. The first kappa shape index (κ1) is 26.2. The van der Waals surface area contributed by atoms with E-state index in [4.69, 9.17) is 26.1 Å². The van der Waals surface area contributed by atoms with Gasteiger partial charge < -0.3 is 20.1 Å². The molecule has 2 aliphatic heterocycles. The smallest absolute Gasteiger partial charge is 0.126 e. The molecule has 2 N–H and O–H groups in total. The maximum atomic E-state index is 9.74. The van der Waals surface area contributed by atoms with Crippen molar-refractivity contribution in [3.63, 3.8) is 0 Å². The summed E-state index contributed by atoms with van der Waals surface area (Å²) in [6.45, 7) is 6.80. The van der Waals surface area contributed by atoms with Gasteiger partial charge in [0.1, 0.15) is 11.6 Å². The van der Waals surface area contributed by atoms with Gasteiger partial charge in [0.2, 0.25) is 0 Å². The molecule has 3 aliphatic rings. The molecule has 0 bridgehead atoms. The zero-order valence-corrected chi connectivity index (χ0v) is 22.3. The lowest BCUT2D eigenvalue weighted by Gasteiger charge is -2.42. The van der Waals surface area contributed by atoms with Crippen LogP contribution < -0.4 is 10.6 Å². The molecule has 2 aromatic heterocycles.